The lowest BCUT2D eigenvalue weighted by Gasteiger charge is -2.17. The Morgan fingerprint density at radius 1 is 1.32 bits per heavy atom. The molecule has 0 aliphatic heterocycles. The lowest BCUT2D eigenvalue weighted by atomic mass is 9.95. The summed E-state index contributed by atoms with van der Waals surface area (Å²) in [6.07, 6.45) is 3.17. The van der Waals surface area contributed by atoms with Gasteiger partial charge in [-0.3, -0.25) is 4.98 Å². The topological polar surface area (TPSA) is 72.9 Å². The number of amidine groups is 2. The van der Waals surface area contributed by atoms with Crippen molar-refractivity contribution in [2.45, 2.75) is 19.8 Å². The Labute approximate surface area is 157 Å². The summed E-state index contributed by atoms with van der Waals surface area (Å²) in [6, 6.07) is 5.83. The number of hydrogen-bond acceptors (Lipinski definition) is 4. The largest absolute Gasteiger partial charge is 0.423 e. The Morgan fingerprint density at radius 2 is 2.00 bits per heavy atom. The molecule has 2 N–H and O–H groups in total. The fraction of sp³-hybridized carbons (Fsp3) is 0.188. The number of nitrogens with two attached hydrogens (primary N) is 1. The Balaban J connectivity index is 2.65. The van der Waals surface area contributed by atoms with E-state index in [-0.39, 0.29) is 29.0 Å². The van der Waals surface area contributed by atoms with E-state index in [0.29, 0.717) is 22.4 Å². The fourth-order valence-corrected chi connectivity index (χ4v) is 2.47. The van der Waals surface area contributed by atoms with Crippen LogP contribution in [0.2, 0.25) is 0 Å². The number of rotatable bonds is 4. The summed E-state index contributed by atoms with van der Waals surface area (Å²) >= 11 is 2.63. The molecule has 0 spiro atoms. The highest BCUT2D eigenvalue weighted by molar-refractivity contribution is 9.18. The number of aliphatic imine (C=N–C) groups is 1. The molecule has 0 aliphatic rings. The van der Waals surface area contributed by atoms with Gasteiger partial charge in [-0.15, -0.1) is 8.28 Å². The summed E-state index contributed by atoms with van der Waals surface area (Å²) in [5, 5.41) is 0. The van der Waals surface area contributed by atoms with E-state index < -0.39 is 5.82 Å². The van der Waals surface area contributed by atoms with E-state index in [1.807, 2.05) is 13.8 Å². The molecule has 0 saturated carbocycles. The van der Waals surface area contributed by atoms with Gasteiger partial charge in [0.1, 0.15) is 11.6 Å². The minimum atomic E-state index is -0.412. The van der Waals surface area contributed by atoms with Crippen LogP contribution in [-0.4, -0.2) is 15.8 Å². The van der Waals surface area contributed by atoms with Gasteiger partial charge < -0.3 is 10.5 Å². The van der Waals surface area contributed by atoms with Gasteiger partial charge in [-0.1, -0.05) is 13.8 Å². The molecule has 0 fully saturated rings. The summed E-state index contributed by atoms with van der Waals surface area (Å²) in [5.41, 5.74) is 7.21. The van der Waals surface area contributed by atoms with Crippen molar-refractivity contribution in [2.24, 2.45) is 15.1 Å². The van der Waals surface area contributed by atoms with Crippen LogP contribution in [0.15, 0.2) is 46.0 Å². The van der Waals surface area contributed by atoms with Gasteiger partial charge in [0.05, 0.1) is 0 Å². The Bertz CT molecular complexity index is 796. The van der Waals surface area contributed by atoms with Gasteiger partial charge in [-0.2, -0.15) is 4.99 Å². The summed E-state index contributed by atoms with van der Waals surface area (Å²) < 4.78 is 35.9. The monoisotopic (exact) mass is 428 g/mol. The fourth-order valence-electron chi connectivity index (χ4n) is 2.18. The number of hydrogen-bond donors (Lipinski definition) is 1. The molecule has 0 atom stereocenters. The number of nitrogens with zero attached hydrogens (tertiary/aromatic N) is 3. The Hall–Kier alpha value is -2.00. The SMILES string of the molecule is CC(C)c1cc(F)cc(-c2ccncc2)c1OC(=N\SF)/N=C(\N)Br. The molecular weight excluding hydrogens is 414 g/mol. The highest BCUT2D eigenvalue weighted by Crippen LogP contribution is 2.38. The maximum Gasteiger partial charge on any atom is 0.333 e. The molecule has 0 aliphatic carbocycles. The molecule has 1 aromatic carbocycles. The third-order valence-corrected chi connectivity index (χ3v) is 3.61. The number of aromatic nitrogens is 1. The van der Waals surface area contributed by atoms with Crippen molar-refractivity contribution in [2.75, 3.05) is 0 Å². The standard InChI is InChI=1S/C16H15BrF2N4OS/c1-9(2)12-7-11(18)8-13(10-3-5-21-6-4-10)14(12)24-16(23-25-19)22-15(17)20/h3-9H,1-2H3,(H2,20,22,23). The average molecular weight is 429 g/mol. The van der Waals surface area contributed by atoms with Crippen LogP contribution in [0.1, 0.15) is 25.3 Å². The minimum Gasteiger partial charge on any atom is -0.423 e. The van der Waals surface area contributed by atoms with Crippen molar-refractivity contribution >= 4 is 39.0 Å². The van der Waals surface area contributed by atoms with Gasteiger partial charge >= 0.3 is 6.02 Å². The van der Waals surface area contributed by atoms with Gasteiger partial charge in [0.25, 0.3) is 0 Å². The number of halogens is 3. The van der Waals surface area contributed by atoms with Crippen LogP contribution in [0.4, 0.5) is 8.28 Å². The van der Waals surface area contributed by atoms with Gasteiger partial charge in [-0.25, -0.2) is 4.39 Å². The molecule has 9 heteroatoms. The maximum absolute atomic E-state index is 14.1. The van der Waals surface area contributed by atoms with E-state index in [1.54, 1.807) is 24.5 Å². The molecule has 0 amide bonds. The zero-order valence-electron chi connectivity index (χ0n) is 13.4. The number of pyridine rings is 1. The summed E-state index contributed by atoms with van der Waals surface area (Å²) in [6.45, 7) is 3.78. The van der Waals surface area contributed by atoms with E-state index in [4.69, 9.17) is 10.5 Å². The van der Waals surface area contributed by atoms with Crippen LogP contribution in [0, 0.1) is 5.82 Å². The molecule has 1 aromatic heterocycles. The quantitative estimate of drug-likeness (QED) is 0.322. The van der Waals surface area contributed by atoms with E-state index in [2.05, 4.69) is 30.3 Å². The summed E-state index contributed by atoms with van der Waals surface area (Å²) in [5.74, 6) is -0.145. The highest BCUT2D eigenvalue weighted by atomic mass is 79.9. The molecule has 0 unspecified atom stereocenters. The van der Waals surface area contributed by atoms with E-state index in [0.717, 1.165) is 0 Å². The van der Waals surface area contributed by atoms with Crippen LogP contribution in [0.3, 0.4) is 0 Å². The Kier molecular flexibility index (Phi) is 6.89. The zero-order valence-corrected chi connectivity index (χ0v) is 15.8. The van der Waals surface area contributed by atoms with Gasteiger partial charge in [0, 0.05) is 23.5 Å². The molecule has 0 bridgehead atoms. The molecule has 2 aromatic rings. The van der Waals surface area contributed by atoms with Gasteiger partial charge in [0.2, 0.25) is 0 Å². The molecule has 1 heterocycles. The van der Waals surface area contributed by atoms with Crippen molar-refractivity contribution in [1.82, 2.24) is 4.98 Å². The minimum absolute atomic E-state index is 0.0287. The zero-order chi connectivity index (χ0) is 18.4. The molecule has 0 radical (unpaired) electrons. The highest BCUT2D eigenvalue weighted by Gasteiger charge is 2.19. The maximum atomic E-state index is 14.1. The normalized spacial score (nSPS) is 12.6. The predicted molar refractivity (Wildman–Crippen MR) is 101 cm³/mol. The molecule has 25 heavy (non-hydrogen) atoms. The molecule has 132 valence electrons. The van der Waals surface area contributed by atoms with E-state index in [1.165, 1.54) is 12.1 Å². The second-order valence-electron chi connectivity index (χ2n) is 5.24. The first-order valence-electron chi connectivity index (χ1n) is 7.19. The lowest BCUT2D eigenvalue weighted by molar-refractivity contribution is 0.529. The second kappa shape index (κ2) is 8.91. The number of ether oxygens (including phenoxy) is 1. The van der Waals surface area contributed by atoms with Crippen LogP contribution in [0.25, 0.3) is 11.1 Å². The van der Waals surface area contributed by atoms with Crippen molar-refractivity contribution in [3.8, 4) is 16.9 Å². The smallest absolute Gasteiger partial charge is 0.333 e. The van der Waals surface area contributed by atoms with Crippen molar-refractivity contribution in [3.63, 3.8) is 0 Å². The molecular formula is C16H15BrF2N4OS. The van der Waals surface area contributed by atoms with Crippen LogP contribution < -0.4 is 10.5 Å². The third kappa shape index (κ3) is 5.23. The average Bonchev–Trinajstić information content (AvgIpc) is 2.56. The molecule has 2 rings (SSSR count). The number of benzene rings is 1. The van der Waals surface area contributed by atoms with Crippen LogP contribution in [0.5, 0.6) is 5.75 Å². The lowest BCUT2D eigenvalue weighted by Crippen LogP contribution is -2.13. The second-order valence-corrected chi connectivity index (χ2v) is 6.37. The van der Waals surface area contributed by atoms with Crippen molar-refractivity contribution < 1.29 is 13.0 Å². The first kappa shape index (κ1) is 19.3. The van der Waals surface area contributed by atoms with Crippen molar-refractivity contribution in [1.29, 1.82) is 0 Å². The Morgan fingerprint density at radius 3 is 2.56 bits per heavy atom. The predicted octanol–water partition coefficient (Wildman–Crippen LogP) is 4.99. The summed E-state index contributed by atoms with van der Waals surface area (Å²) in [4.78, 5) is 7.75. The van der Waals surface area contributed by atoms with Crippen molar-refractivity contribution in [3.05, 3.63) is 48.0 Å². The third-order valence-electron chi connectivity index (χ3n) is 3.20. The van der Waals surface area contributed by atoms with E-state index >= 15 is 0 Å². The van der Waals surface area contributed by atoms with Crippen LogP contribution in [-0.2, 0) is 0 Å². The molecule has 0 saturated heterocycles. The molecule has 5 nitrogen and oxygen atoms in total. The van der Waals surface area contributed by atoms with Gasteiger partial charge in [-0.05, 0) is 51.7 Å². The first-order chi connectivity index (χ1) is 11.9. The van der Waals surface area contributed by atoms with Crippen LogP contribution >= 0.6 is 28.3 Å². The summed E-state index contributed by atoms with van der Waals surface area (Å²) in [7, 11) is 0. The first-order valence-corrected chi connectivity index (χ1v) is 8.66. The van der Waals surface area contributed by atoms with Gasteiger partial charge in [0.15, 0.2) is 17.1 Å². The van der Waals surface area contributed by atoms with E-state index in [9.17, 15) is 8.28 Å².